The van der Waals surface area contributed by atoms with Crippen LogP contribution in [-0.2, 0) is 9.53 Å². The number of hydrogen-bond donors (Lipinski definition) is 1. The molecule has 148 valence electrons. The van der Waals surface area contributed by atoms with Gasteiger partial charge in [0.25, 0.3) is 0 Å². The van der Waals surface area contributed by atoms with Crippen LogP contribution < -0.4 is 19.5 Å². The molecule has 0 saturated heterocycles. The molecule has 0 radical (unpaired) electrons. The molecule has 7 nitrogen and oxygen atoms in total. The molecule has 2 rings (SSSR count). The van der Waals surface area contributed by atoms with Crippen LogP contribution in [-0.4, -0.2) is 40.3 Å². The fraction of sp³-hybridized carbons (Fsp3) is 0.238. The average molecular weight is 385 g/mol. The van der Waals surface area contributed by atoms with Gasteiger partial charge in [0, 0.05) is 17.3 Å². The number of amides is 1. The number of rotatable bonds is 7. The summed E-state index contributed by atoms with van der Waals surface area (Å²) in [5.41, 5.74) is 2.35. The topological polar surface area (TPSA) is 83.1 Å². The predicted octanol–water partition coefficient (Wildman–Crippen LogP) is 3.46. The molecule has 0 bridgehead atoms. The number of nitrogens with one attached hydrogen (secondary N) is 1. The minimum atomic E-state index is -0.471. The van der Waals surface area contributed by atoms with Crippen molar-refractivity contribution < 1.29 is 28.5 Å². The first-order valence-corrected chi connectivity index (χ1v) is 8.42. The monoisotopic (exact) mass is 385 g/mol. The van der Waals surface area contributed by atoms with Crippen molar-refractivity contribution in [3.63, 3.8) is 0 Å². The van der Waals surface area contributed by atoms with Gasteiger partial charge in [-0.1, -0.05) is 6.07 Å². The molecule has 1 amide bonds. The highest BCUT2D eigenvalue weighted by molar-refractivity contribution is 6.03. The van der Waals surface area contributed by atoms with Gasteiger partial charge < -0.3 is 24.3 Å². The highest BCUT2D eigenvalue weighted by Gasteiger charge is 2.14. The first kappa shape index (κ1) is 20.8. The summed E-state index contributed by atoms with van der Waals surface area (Å²) >= 11 is 0. The number of methoxy groups -OCH3 is 4. The van der Waals surface area contributed by atoms with Gasteiger partial charge in [-0.25, -0.2) is 4.79 Å². The van der Waals surface area contributed by atoms with Crippen molar-refractivity contribution in [2.45, 2.75) is 6.92 Å². The van der Waals surface area contributed by atoms with Crippen LogP contribution in [0.2, 0.25) is 0 Å². The van der Waals surface area contributed by atoms with E-state index in [1.54, 1.807) is 36.4 Å². The third kappa shape index (κ3) is 4.62. The van der Waals surface area contributed by atoms with Gasteiger partial charge in [-0.2, -0.15) is 0 Å². The number of hydrogen-bond acceptors (Lipinski definition) is 6. The highest BCUT2D eigenvalue weighted by atomic mass is 16.5. The van der Waals surface area contributed by atoms with Crippen LogP contribution in [0.4, 0.5) is 5.69 Å². The number of carbonyl (C=O) groups is 2. The van der Waals surface area contributed by atoms with Crippen LogP contribution >= 0.6 is 0 Å². The Morgan fingerprint density at radius 3 is 2.25 bits per heavy atom. The first-order chi connectivity index (χ1) is 13.4. The molecule has 0 aliphatic carbocycles. The zero-order chi connectivity index (χ0) is 20.7. The Hall–Kier alpha value is -3.48. The van der Waals surface area contributed by atoms with Crippen molar-refractivity contribution in [3.8, 4) is 17.2 Å². The lowest BCUT2D eigenvalue weighted by Gasteiger charge is -2.14. The summed E-state index contributed by atoms with van der Waals surface area (Å²) in [7, 11) is 5.86. The zero-order valence-electron chi connectivity index (χ0n) is 16.5. The number of anilines is 1. The van der Waals surface area contributed by atoms with E-state index in [2.05, 4.69) is 5.32 Å². The summed E-state index contributed by atoms with van der Waals surface area (Å²) in [6.07, 6.45) is 2.98. The molecule has 2 aromatic carbocycles. The van der Waals surface area contributed by atoms with Crippen LogP contribution in [0.3, 0.4) is 0 Å². The van der Waals surface area contributed by atoms with Gasteiger partial charge in [0.15, 0.2) is 11.5 Å². The fourth-order valence-electron chi connectivity index (χ4n) is 2.60. The maximum atomic E-state index is 12.4. The Bertz CT molecular complexity index is 904. The van der Waals surface area contributed by atoms with E-state index in [0.29, 0.717) is 34.1 Å². The smallest absolute Gasteiger partial charge is 0.337 e. The summed E-state index contributed by atoms with van der Waals surface area (Å²) in [6, 6.07) is 8.43. The number of carbonyl (C=O) groups excluding carboxylic acids is 2. The molecule has 28 heavy (non-hydrogen) atoms. The van der Waals surface area contributed by atoms with Crippen LogP contribution in [0.15, 0.2) is 36.4 Å². The molecule has 7 heteroatoms. The molecule has 0 saturated carbocycles. The van der Waals surface area contributed by atoms with E-state index < -0.39 is 5.97 Å². The van der Waals surface area contributed by atoms with Gasteiger partial charge in [-0.3, -0.25) is 4.79 Å². The number of aryl methyl sites for hydroxylation is 1. The van der Waals surface area contributed by atoms with E-state index in [4.69, 9.17) is 18.9 Å². The Kier molecular flexibility index (Phi) is 7.03. The quantitative estimate of drug-likeness (QED) is 0.581. The van der Waals surface area contributed by atoms with E-state index >= 15 is 0 Å². The van der Waals surface area contributed by atoms with Gasteiger partial charge in [-0.05, 0) is 42.8 Å². The lowest BCUT2D eigenvalue weighted by molar-refractivity contribution is -0.111. The predicted molar refractivity (Wildman–Crippen MR) is 106 cm³/mol. The second kappa shape index (κ2) is 9.45. The molecular formula is C21H23NO6. The van der Waals surface area contributed by atoms with E-state index in [1.165, 1.54) is 34.5 Å². The molecular weight excluding hydrogens is 362 g/mol. The lowest BCUT2D eigenvalue weighted by Crippen LogP contribution is -2.10. The van der Waals surface area contributed by atoms with Crippen molar-refractivity contribution in [1.29, 1.82) is 0 Å². The maximum Gasteiger partial charge on any atom is 0.337 e. The maximum absolute atomic E-state index is 12.4. The van der Waals surface area contributed by atoms with E-state index in [0.717, 1.165) is 5.56 Å². The van der Waals surface area contributed by atoms with Gasteiger partial charge >= 0.3 is 5.97 Å². The molecule has 1 N–H and O–H groups in total. The van der Waals surface area contributed by atoms with Gasteiger partial charge in [-0.15, -0.1) is 0 Å². The van der Waals surface area contributed by atoms with Crippen molar-refractivity contribution in [1.82, 2.24) is 0 Å². The Labute approximate surface area is 163 Å². The number of benzene rings is 2. The SMILES string of the molecule is COC(=O)c1ccc(C)c(NC(=O)/C=C/c2ccc(OC)c(OC)c2OC)c1. The summed E-state index contributed by atoms with van der Waals surface area (Å²) < 4.78 is 20.7. The van der Waals surface area contributed by atoms with E-state index in [-0.39, 0.29) is 5.91 Å². The minimum absolute atomic E-state index is 0.355. The van der Waals surface area contributed by atoms with E-state index in [1.807, 2.05) is 6.92 Å². The average Bonchev–Trinajstić information content (AvgIpc) is 2.72. The van der Waals surface area contributed by atoms with Crippen molar-refractivity contribution >= 4 is 23.6 Å². The Balaban J connectivity index is 2.24. The molecule has 0 heterocycles. The standard InChI is InChI=1S/C21H23NO6/c1-13-6-7-15(21(24)28-5)12-16(13)22-18(23)11-9-14-8-10-17(25-2)20(27-4)19(14)26-3/h6-12H,1-5H3,(H,22,23)/b11-9+. The van der Waals surface area contributed by atoms with Crippen molar-refractivity contribution in [3.05, 3.63) is 53.1 Å². The molecule has 0 aliphatic heterocycles. The minimum Gasteiger partial charge on any atom is -0.493 e. The molecule has 0 aromatic heterocycles. The third-order valence-electron chi connectivity index (χ3n) is 4.07. The summed E-state index contributed by atoms with van der Waals surface area (Å²) in [5, 5.41) is 2.76. The summed E-state index contributed by atoms with van der Waals surface area (Å²) in [6.45, 7) is 1.83. The van der Waals surface area contributed by atoms with Crippen LogP contribution in [0.5, 0.6) is 17.2 Å². The lowest BCUT2D eigenvalue weighted by atomic mass is 10.1. The van der Waals surface area contributed by atoms with Crippen LogP contribution in [0, 0.1) is 6.92 Å². The normalized spacial score (nSPS) is 10.5. The van der Waals surface area contributed by atoms with Crippen LogP contribution in [0.1, 0.15) is 21.5 Å². The van der Waals surface area contributed by atoms with Gasteiger partial charge in [0.2, 0.25) is 11.7 Å². The Morgan fingerprint density at radius 1 is 0.929 bits per heavy atom. The summed E-state index contributed by atoms with van der Waals surface area (Å²) in [4.78, 5) is 24.0. The zero-order valence-corrected chi connectivity index (χ0v) is 16.5. The van der Waals surface area contributed by atoms with E-state index in [9.17, 15) is 9.59 Å². The molecule has 0 atom stereocenters. The first-order valence-electron chi connectivity index (χ1n) is 8.42. The second-order valence-electron chi connectivity index (χ2n) is 5.77. The van der Waals surface area contributed by atoms with Gasteiger partial charge in [0.05, 0.1) is 34.0 Å². The molecule has 0 fully saturated rings. The highest BCUT2D eigenvalue weighted by Crippen LogP contribution is 2.40. The molecule has 0 spiro atoms. The molecule has 0 aliphatic rings. The van der Waals surface area contributed by atoms with Crippen LogP contribution in [0.25, 0.3) is 6.08 Å². The molecule has 0 unspecified atom stereocenters. The van der Waals surface area contributed by atoms with Gasteiger partial charge in [0.1, 0.15) is 0 Å². The Morgan fingerprint density at radius 2 is 1.64 bits per heavy atom. The number of esters is 1. The molecule has 2 aromatic rings. The van der Waals surface area contributed by atoms with Crippen molar-refractivity contribution in [2.24, 2.45) is 0 Å². The third-order valence-corrected chi connectivity index (χ3v) is 4.07. The second-order valence-corrected chi connectivity index (χ2v) is 5.77. The fourth-order valence-corrected chi connectivity index (χ4v) is 2.60. The number of ether oxygens (including phenoxy) is 4. The summed E-state index contributed by atoms with van der Waals surface area (Å²) in [5.74, 6) is 0.586. The van der Waals surface area contributed by atoms with Crippen molar-refractivity contribution in [2.75, 3.05) is 33.8 Å². The largest absolute Gasteiger partial charge is 0.493 e.